The Morgan fingerprint density at radius 3 is 2.22 bits per heavy atom. The van der Waals surface area contributed by atoms with Crippen LogP contribution < -0.4 is 0 Å². The fraction of sp³-hybridized carbons (Fsp3) is 0.778. The lowest BCUT2D eigenvalue weighted by atomic mass is 10.0. The van der Waals surface area contributed by atoms with Gasteiger partial charge in [-0.15, -0.1) is 0 Å². The lowest BCUT2D eigenvalue weighted by Crippen LogP contribution is -1.91. The molecule has 0 aliphatic carbocycles. The normalized spacial score (nSPS) is 11.3. The SMILES string of the molecule is [CH]C(C)CCCC([CH2])C. The molecule has 0 heterocycles. The molecular formula is C9H17. The number of hydrogen-bond donors (Lipinski definition) is 0. The molecule has 0 aliphatic heterocycles. The Labute approximate surface area is 59.7 Å². The minimum Gasteiger partial charge on any atom is -0.0625 e. The zero-order valence-corrected chi connectivity index (χ0v) is 6.56. The van der Waals surface area contributed by atoms with Gasteiger partial charge in [0.1, 0.15) is 0 Å². The van der Waals surface area contributed by atoms with E-state index in [4.69, 9.17) is 6.92 Å². The number of hydrogen-bond acceptors (Lipinski definition) is 0. The molecule has 0 heteroatoms. The first-order chi connectivity index (χ1) is 4.13. The van der Waals surface area contributed by atoms with Crippen LogP contribution in [-0.4, -0.2) is 0 Å². The van der Waals surface area contributed by atoms with Crippen molar-refractivity contribution >= 4 is 0 Å². The molecule has 0 spiro atoms. The minimum atomic E-state index is 0.365. The van der Waals surface area contributed by atoms with Gasteiger partial charge in [0.2, 0.25) is 0 Å². The third kappa shape index (κ3) is 8.00. The van der Waals surface area contributed by atoms with Crippen molar-refractivity contribution in [3.05, 3.63) is 13.8 Å². The second-order valence-corrected chi connectivity index (χ2v) is 3.01. The Bertz CT molecular complexity index is 45.1. The summed E-state index contributed by atoms with van der Waals surface area (Å²) in [6.45, 7) is 13.6. The summed E-state index contributed by atoms with van der Waals surface area (Å²) in [5, 5.41) is 0. The van der Waals surface area contributed by atoms with Crippen LogP contribution in [0.1, 0.15) is 33.1 Å². The van der Waals surface area contributed by atoms with E-state index in [2.05, 4.69) is 13.8 Å². The fourth-order valence-corrected chi connectivity index (χ4v) is 0.788. The Hall–Kier alpha value is 0. The second-order valence-electron chi connectivity index (χ2n) is 3.01. The van der Waals surface area contributed by atoms with Crippen molar-refractivity contribution in [2.24, 2.45) is 11.8 Å². The van der Waals surface area contributed by atoms with Gasteiger partial charge < -0.3 is 0 Å². The second kappa shape index (κ2) is 4.84. The maximum absolute atomic E-state index is 5.56. The average Bonchev–Trinajstić information content (AvgIpc) is 1.63. The molecule has 2 unspecified atom stereocenters. The van der Waals surface area contributed by atoms with E-state index < -0.39 is 0 Å². The Morgan fingerprint density at radius 1 is 1.33 bits per heavy atom. The molecule has 0 bridgehead atoms. The molecule has 0 saturated heterocycles. The highest BCUT2D eigenvalue weighted by molar-refractivity contribution is 4.58. The lowest BCUT2D eigenvalue weighted by Gasteiger charge is -2.05. The average molecular weight is 125 g/mol. The van der Waals surface area contributed by atoms with Gasteiger partial charge in [-0.3, -0.25) is 0 Å². The molecule has 53 valence electrons. The van der Waals surface area contributed by atoms with Gasteiger partial charge in [-0.25, -0.2) is 0 Å². The van der Waals surface area contributed by atoms with E-state index in [-0.39, 0.29) is 0 Å². The molecular weight excluding hydrogens is 108 g/mol. The third-order valence-corrected chi connectivity index (χ3v) is 1.36. The Morgan fingerprint density at radius 2 is 1.89 bits per heavy atom. The van der Waals surface area contributed by atoms with Crippen LogP contribution in [0.4, 0.5) is 0 Å². The van der Waals surface area contributed by atoms with Gasteiger partial charge in [0, 0.05) is 0 Å². The van der Waals surface area contributed by atoms with Crippen molar-refractivity contribution < 1.29 is 0 Å². The molecule has 0 aromatic carbocycles. The zero-order chi connectivity index (χ0) is 7.28. The van der Waals surface area contributed by atoms with Crippen LogP contribution in [0.3, 0.4) is 0 Å². The van der Waals surface area contributed by atoms with Crippen molar-refractivity contribution in [3.63, 3.8) is 0 Å². The maximum atomic E-state index is 5.56. The van der Waals surface area contributed by atoms with E-state index in [9.17, 15) is 0 Å². The molecule has 0 amide bonds. The van der Waals surface area contributed by atoms with Gasteiger partial charge in [0.15, 0.2) is 0 Å². The Kier molecular flexibility index (Phi) is 4.84. The van der Waals surface area contributed by atoms with Crippen LogP contribution in [-0.2, 0) is 0 Å². The summed E-state index contributed by atoms with van der Waals surface area (Å²) in [6, 6.07) is 0. The summed E-state index contributed by atoms with van der Waals surface area (Å²) in [5.41, 5.74) is 0. The van der Waals surface area contributed by atoms with E-state index in [0.717, 1.165) is 6.42 Å². The summed E-state index contributed by atoms with van der Waals surface area (Å²) >= 11 is 0. The molecule has 0 N–H and O–H groups in total. The van der Waals surface area contributed by atoms with Crippen molar-refractivity contribution in [1.29, 1.82) is 0 Å². The first-order valence-electron chi connectivity index (χ1n) is 3.71. The molecule has 0 nitrogen and oxygen atoms in total. The molecule has 9 heavy (non-hydrogen) atoms. The smallest absolute Gasteiger partial charge is 0.0321 e. The van der Waals surface area contributed by atoms with Crippen molar-refractivity contribution in [2.45, 2.75) is 33.1 Å². The van der Waals surface area contributed by atoms with Crippen molar-refractivity contribution in [1.82, 2.24) is 0 Å². The summed E-state index contributed by atoms with van der Waals surface area (Å²) in [4.78, 5) is 0. The van der Waals surface area contributed by atoms with E-state index in [1.807, 2.05) is 6.92 Å². The predicted molar refractivity (Wildman–Crippen MR) is 41.8 cm³/mol. The van der Waals surface area contributed by atoms with Crippen LogP contribution in [0.25, 0.3) is 0 Å². The fourth-order valence-electron chi connectivity index (χ4n) is 0.788. The lowest BCUT2D eigenvalue weighted by molar-refractivity contribution is 0.526. The summed E-state index contributed by atoms with van der Waals surface area (Å²) in [5.74, 6) is 0.951. The summed E-state index contributed by atoms with van der Waals surface area (Å²) < 4.78 is 0. The highest BCUT2D eigenvalue weighted by atomic mass is 14.0. The summed E-state index contributed by atoms with van der Waals surface area (Å²) in [7, 11) is 0. The molecule has 3 radical (unpaired) electrons. The van der Waals surface area contributed by atoms with E-state index in [1.165, 1.54) is 12.8 Å². The minimum absolute atomic E-state index is 0.365. The van der Waals surface area contributed by atoms with Crippen LogP contribution in [0, 0.1) is 25.7 Å². The van der Waals surface area contributed by atoms with E-state index >= 15 is 0 Å². The highest BCUT2D eigenvalue weighted by Gasteiger charge is 1.96. The standard InChI is InChI=1S/C9H17/c1-8(2)6-5-7-9(3)4/h1,8-9H,3,5-7H2,2,4H3. The van der Waals surface area contributed by atoms with Gasteiger partial charge in [-0.05, 0) is 18.8 Å². The molecule has 0 rings (SSSR count). The van der Waals surface area contributed by atoms with Gasteiger partial charge in [0.05, 0.1) is 0 Å². The van der Waals surface area contributed by atoms with Gasteiger partial charge in [-0.2, -0.15) is 0 Å². The third-order valence-electron chi connectivity index (χ3n) is 1.36. The quantitative estimate of drug-likeness (QED) is 0.542. The molecule has 0 aliphatic rings. The predicted octanol–water partition coefficient (Wildman–Crippen LogP) is 2.97. The van der Waals surface area contributed by atoms with Gasteiger partial charge in [-0.1, -0.05) is 40.0 Å². The largest absolute Gasteiger partial charge is 0.0625 e. The van der Waals surface area contributed by atoms with E-state index in [0.29, 0.717) is 11.8 Å². The van der Waals surface area contributed by atoms with Gasteiger partial charge in [0.25, 0.3) is 0 Å². The van der Waals surface area contributed by atoms with Crippen molar-refractivity contribution in [3.8, 4) is 0 Å². The first-order valence-corrected chi connectivity index (χ1v) is 3.71. The topological polar surface area (TPSA) is 0 Å². The first kappa shape index (κ1) is 9.00. The molecule has 0 aromatic rings. The van der Waals surface area contributed by atoms with Crippen LogP contribution >= 0.6 is 0 Å². The summed E-state index contributed by atoms with van der Waals surface area (Å²) in [6.07, 6.45) is 3.57. The molecule has 0 fully saturated rings. The molecule has 2 atom stereocenters. The van der Waals surface area contributed by atoms with Crippen LogP contribution in [0.15, 0.2) is 0 Å². The van der Waals surface area contributed by atoms with Crippen LogP contribution in [0.5, 0.6) is 0 Å². The van der Waals surface area contributed by atoms with Gasteiger partial charge >= 0.3 is 0 Å². The molecule has 0 saturated carbocycles. The van der Waals surface area contributed by atoms with Crippen molar-refractivity contribution in [2.75, 3.05) is 0 Å². The zero-order valence-electron chi connectivity index (χ0n) is 6.56. The maximum Gasteiger partial charge on any atom is -0.0321 e. The number of rotatable bonds is 4. The highest BCUT2D eigenvalue weighted by Crippen LogP contribution is 2.10. The monoisotopic (exact) mass is 125 g/mol. The Balaban J connectivity index is 2.91. The molecule has 0 aromatic heterocycles. The van der Waals surface area contributed by atoms with Crippen LogP contribution in [0.2, 0.25) is 0 Å². The van der Waals surface area contributed by atoms with E-state index in [1.54, 1.807) is 0 Å².